The van der Waals surface area contributed by atoms with Crippen molar-refractivity contribution in [3.05, 3.63) is 83.7 Å². The molecule has 0 aliphatic carbocycles. The van der Waals surface area contributed by atoms with Crippen LogP contribution in [0.3, 0.4) is 0 Å². The minimum Gasteiger partial charge on any atom is -0.363 e. The van der Waals surface area contributed by atoms with Crippen LogP contribution in [0.5, 0.6) is 0 Å². The highest BCUT2D eigenvalue weighted by Crippen LogP contribution is 2.41. The van der Waals surface area contributed by atoms with Crippen molar-refractivity contribution in [3.63, 3.8) is 0 Å². The van der Waals surface area contributed by atoms with Gasteiger partial charge in [-0.2, -0.15) is 5.10 Å². The van der Waals surface area contributed by atoms with Crippen LogP contribution in [0, 0.1) is 5.41 Å². The summed E-state index contributed by atoms with van der Waals surface area (Å²) in [6.07, 6.45) is 7.54. The summed E-state index contributed by atoms with van der Waals surface area (Å²) in [5, 5.41) is 11.6. The van der Waals surface area contributed by atoms with Crippen LogP contribution in [0.25, 0.3) is 22.4 Å². The molecule has 1 saturated heterocycles. The van der Waals surface area contributed by atoms with Gasteiger partial charge in [-0.3, -0.25) is 14.4 Å². The van der Waals surface area contributed by atoms with Gasteiger partial charge in [0.15, 0.2) is 0 Å². The molecule has 212 valence electrons. The lowest BCUT2D eigenvalue weighted by Crippen LogP contribution is -2.27. The molecule has 6 rings (SSSR count). The van der Waals surface area contributed by atoms with Gasteiger partial charge in [-0.05, 0) is 67.7 Å². The van der Waals surface area contributed by atoms with E-state index in [4.69, 9.17) is 10.1 Å². The van der Waals surface area contributed by atoms with Gasteiger partial charge in [-0.1, -0.05) is 57.2 Å². The van der Waals surface area contributed by atoms with Crippen LogP contribution in [0.1, 0.15) is 63.3 Å². The van der Waals surface area contributed by atoms with E-state index < -0.39 is 5.41 Å². The zero-order valence-corrected chi connectivity index (χ0v) is 24.6. The second-order valence-electron chi connectivity index (χ2n) is 12.3. The van der Waals surface area contributed by atoms with Crippen LogP contribution in [-0.4, -0.2) is 38.7 Å². The number of fused-ring (bicyclic) bond motifs is 1. The number of pyridine rings is 1. The third-order valence-corrected chi connectivity index (χ3v) is 8.24. The highest BCUT2D eigenvalue weighted by atomic mass is 16.2. The number of carbonyl (C=O) groups excluding carboxylic acids is 1. The average molecular weight is 549 g/mol. The summed E-state index contributed by atoms with van der Waals surface area (Å²) < 4.78 is 1.99. The van der Waals surface area contributed by atoms with E-state index >= 15 is 0 Å². The Hall–Kier alpha value is -3.97. The Balaban J connectivity index is 1.25. The van der Waals surface area contributed by atoms with E-state index in [-0.39, 0.29) is 11.9 Å². The second kappa shape index (κ2) is 11.1. The lowest BCUT2D eigenvalue weighted by molar-refractivity contribution is -0.123. The summed E-state index contributed by atoms with van der Waals surface area (Å²) >= 11 is 0. The molecule has 2 aromatic carbocycles. The molecule has 2 N–H and O–H groups in total. The minimum atomic E-state index is -0.449. The molecule has 2 aliphatic rings. The van der Waals surface area contributed by atoms with Gasteiger partial charge in [-0.25, -0.2) is 4.98 Å². The van der Waals surface area contributed by atoms with Crippen LogP contribution >= 0.6 is 0 Å². The standard InChI is InChI=1S/C34H40N6O/c1-5-40-22-29(31(38-40)25-12-14-26(15-13-25)36-33(41)34(2,3)4)27-16-17-35-32-28(27)20-30(37-32)24-10-8-23(9-11-24)21-39-18-6-7-19-39/h8-17,22,30H,5-7,18-21H2,1-4H3,(H,35,37)(H,36,41). The maximum atomic E-state index is 12.5. The zero-order valence-electron chi connectivity index (χ0n) is 24.6. The van der Waals surface area contributed by atoms with Crippen LogP contribution in [0.4, 0.5) is 11.5 Å². The molecule has 1 amide bonds. The molecule has 4 aromatic rings. The quantitative estimate of drug-likeness (QED) is 0.262. The van der Waals surface area contributed by atoms with Gasteiger partial charge in [0.1, 0.15) is 11.5 Å². The SMILES string of the molecule is CCn1cc(-c2ccnc3c2CC(c2ccc(CN4CCCC4)cc2)N3)c(-c2ccc(NC(=O)C(C)(C)C)cc2)n1. The van der Waals surface area contributed by atoms with Crippen LogP contribution in [-0.2, 0) is 24.3 Å². The molecule has 1 atom stereocenters. The summed E-state index contributed by atoms with van der Waals surface area (Å²) in [6.45, 7) is 12.1. The smallest absolute Gasteiger partial charge is 0.229 e. The number of nitrogens with zero attached hydrogens (tertiary/aromatic N) is 4. The molecular formula is C34H40N6O. The van der Waals surface area contributed by atoms with Gasteiger partial charge >= 0.3 is 0 Å². The number of amides is 1. The van der Waals surface area contributed by atoms with Crippen molar-refractivity contribution in [2.24, 2.45) is 5.41 Å². The molecule has 2 aromatic heterocycles. The normalized spacial score (nSPS) is 16.9. The van der Waals surface area contributed by atoms with Gasteiger partial charge in [0.2, 0.25) is 5.91 Å². The highest BCUT2D eigenvalue weighted by molar-refractivity contribution is 5.95. The number of rotatable bonds is 7. The molecule has 4 heterocycles. The molecule has 41 heavy (non-hydrogen) atoms. The average Bonchev–Trinajstić information content (AvgIpc) is 3.73. The second-order valence-corrected chi connectivity index (χ2v) is 12.3. The summed E-state index contributed by atoms with van der Waals surface area (Å²) in [7, 11) is 0. The molecular weight excluding hydrogens is 508 g/mol. The topological polar surface area (TPSA) is 75.1 Å². The van der Waals surface area contributed by atoms with Crippen LogP contribution < -0.4 is 10.6 Å². The van der Waals surface area contributed by atoms with E-state index in [0.717, 1.165) is 53.4 Å². The fourth-order valence-corrected chi connectivity index (χ4v) is 5.78. The lowest BCUT2D eigenvalue weighted by atomic mass is 9.94. The zero-order chi connectivity index (χ0) is 28.6. The first-order valence-corrected chi connectivity index (χ1v) is 14.8. The molecule has 0 bridgehead atoms. The van der Waals surface area contributed by atoms with Crippen molar-refractivity contribution >= 4 is 17.4 Å². The first-order chi connectivity index (χ1) is 19.8. The van der Waals surface area contributed by atoms with Gasteiger partial charge < -0.3 is 10.6 Å². The van der Waals surface area contributed by atoms with E-state index in [0.29, 0.717) is 0 Å². The number of anilines is 2. The molecule has 7 heteroatoms. The van der Waals surface area contributed by atoms with Gasteiger partial charge in [0.05, 0.1) is 6.04 Å². The van der Waals surface area contributed by atoms with Crippen LogP contribution in [0.15, 0.2) is 67.0 Å². The van der Waals surface area contributed by atoms with Gasteiger partial charge in [-0.15, -0.1) is 0 Å². The van der Waals surface area contributed by atoms with Crippen LogP contribution in [0.2, 0.25) is 0 Å². The predicted octanol–water partition coefficient (Wildman–Crippen LogP) is 6.92. The van der Waals surface area contributed by atoms with E-state index in [2.05, 4.69) is 59.0 Å². The first kappa shape index (κ1) is 27.2. The molecule has 2 aliphatic heterocycles. The summed E-state index contributed by atoms with van der Waals surface area (Å²) in [5.74, 6) is 0.945. The molecule has 0 spiro atoms. The van der Waals surface area contributed by atoms with E-state index in [1.165, 1.54) is 42.6 Å². The third-order valence-electron chi connectivity index (χ3n) is 8.24. The molecule has 1 fully saturated rings. The maximum absolute atomic E-state index is 12.5. The number of hydrogen-bond donors (Lipinski definition) is 2. The Morgan fingerprint density at radius 2 is 1.73 bits per heavy atom. The van der Waals surface area contributed by atoms with Crippen molar-refractivity contribution < 1.29 is 4.79 Å². The largest absolute Gasteiger partial charge is 0.363 e. The predicted molar refractivity (Wildman–Crippen MR) is 166 cm³/mol. The third kappa shape index (κ3) is 5.77. The minimum absolute atomic E-state index is 0.00293. The Morgan fingerprint density at radius 1 is 1.00 bits per heavy atom. The molecule has 0 saturated carbocycles. The van der Waals surface area contributed by atoms with E-state index in [9.17, 15) is 4.79 Å². The number of likely N-dealkylation sites (tertiary alicyclic amines) is 1. The van der Waals surface area contributed by atoms with Crippen molar-refractivity contribution in [2.75, 3.05) is 23.7 Å². The first-order valence-electron chi connectivity index (χ1n) is 14.8. The van der Waals surface area contributed by atoms with Crippen molar-refractivity contribution in [1.82, 2.24) is 19.7 Å². The number of hydrogen-bond acceptors (Lipinski definition) is 5. The van der Waals surface area contributed by atoms with Gasteiger partial charge in [0, 0.05) is 59.7 Å². The Morgan fingerprint density at radius 3 is 2.41 bits per heavy atom. The Labute approximate surface area is 243 Å². The number of aryl methyl sites for hydroxylation is 1. The number of nitrogens with one attached hydrogen (secondary N) is 2. The van der Waals surface area contributed by atoms with Crippen molar-refractivity contribution in [3.8, 4) is 22.4 Å². The number of aromatic nitrogens is 3. The summed E-state index contributed by atoms with van der Waals surface area (Å²) in [4.78, 5) is 19.7. The van der Waals surface area contributed by atoms with Crippen molar-refractivity contribution in [1.29, 1.82) is 0 Å². The molecule has 0 radical (unpaired) electrons. The van der Waals surface area contributed by atoms with E-state index in [1.54, 1.807) is 0 Å². The summed E-state index contributed by atoms with van der Waals surface area (Å²) in [5.41, 5.74) is 8.44. The monoisotopic (exact) mass is 548 g/mol. The lowest BCUT2D eigenvalue weighted by Gasteiger charge is -2.17. The highest BCUT2D eigenvalue weighted by Gasteiger charge is 2.28. The fourth-order valence-electron chi connectivity index (χ4n) is 5.78. The molecule has 7 nitrogen and oxygen atoms in total. The fraction of sp³-hybridized carbons (Fsp3) is 0.382. The number of carbonyl (C=O) groups is 1. The summed E-state index contributed by atoms with van der Waals surface area (Å²) in [6, 6.07) is 19.4. The number of benzene rings is 2. The molecule has 1 unspecified atom stereocenters. The Bertz CT molecular complexity index is 1530. The van der Waals surface area contributed by atoms with Crippen molar-refractivity contribution in [2.45, 2.75) is 66.1 Å². The van der Waals surface area contributed by atoms with Gasteiger partial charge in [0.25, 0.3) is 0 Å². The van der Waals surface area contributed by atoms with E-state index in [1.807, 2.05) is 55.9 Å². The Kier molecular flexibility index (Phi) is 7.39. The maximum Gasteiger partial charge on any atom is 0.229 e.